The molecule has 2 aliphatic heterocycles. The van der Waals surface area contributed by atoms with Crippen molar-refractivity contribution in [3.63, 3.8) is 0 Å². The number of nitrogen functional groups attached to an aromatic ring is 1. The zero-order chi connectivity index (χ0) is 22.3. The molecule has 10 nitrogen and oxygen atoms in total. The third-order valence-corrected chi connectivity index (χ3v) is 6.51. The number of hydrogen-bond acceptors (Lipinski definition) is 7. The summed E-state index contributed by atoms with van der Waals surface area (Å²) < 4.78 is 1.49. The molecular formula is C18H19AcBr2N6O4-. The van der Waals surface area contributed by atoms with Crippen LogP contribution in [-0.2, 0) is 26.2 Å². The molecule has 4 rings (SSSR count). The summed E-state index contributed by atoms with van der Waals surface area (Å²) in [7, 11) is 3.88. The fraction of sp³-hybridized carbons (Fsp3) is 0.333. The normalized spacial score (nSPS) is 14.8. The molecule has 163 valence electrons. The average molecular weight is 770 g/mol. The predicted octanol–water partition coefficient (Wildman–Crippen LogP) is 4.87. The molecule has 0 saturated carbocycles. The van der Waals surface area contributed by atoms with Gasteiger partial charge in [-0.25, -0.2) is 0 Å². The predicted molar refractivity (Wildman–Crippen MR) is 120 cm³/mol. The van der Waals surface area contributed by atoms with Crippen molar-refractivity contribution in [3.05, 3.63) is 69.3 Å². The number of benzene rings is 2. The zero-order valence-electron chi connectivity index (χ0n) is 16.8. The average Bonchev–Trinajstić information content (AvgIpc) is 3.25. The summed E-state index contributed by atoms with van der Waals surface area (Å²) in [5.74, 6) is 0. The van der Waals surface area contributed by atoms with E-state index in [2.05, 4.69) is 36.8 Å². The van der Waals surface area contributed by atoms with E-state index in [1.54, 1.807) is 0 Å². The van der Waals surface area contributed by atoms with Gasteiger partial charge in [0.15, 0.2) is 0 Å². The number of nitro groups is 2. The SMILES string of the molecule is CN1Cc2c(Br)cc([N+](=O)[O-])c(N)c2C1.CN1Cc2c(Br)cc([N+](=O)[O-])c([NH-])c2C1.[Ac]. The number of halogens is 2. The Kier molecular flexibility index (Phi) is 8.86. The number of nitro benzene ring substituents is 2. The molecule has 0 bridgehead atoms. The topological polar surface area (TPSA) is 143 Å². The maximum absolute atomic E-state index is 10.7. The molecule has 0 amide bonds. The van der Waals surface area contributed by atoms with Crippen molar-refractivity contribution in [2.24, 2.45) is 0 Å². The first kappa shape index (κ1) is 26.4. The fourth-order valence-corrected chi connectivity index (χ4v) is 4.82. The number of nitrogens with zero attached hydrogens (tertiary/aromatic N) is 4. The van der Waals surface area contributed by atoms with Crippen LogP contribution < -0.4 is 5.73 Å². The van der Waals surface area contributed by atoms with Gasteiger partial charge in [0.2, 0.25) is 0 Å². The maximum Gasteiger partial charge on any atom is 0.293 e. The van der Waals surface area contributed by atoms with E-state index in [1.165, 1.54) is 12.1 Å². The molecular weight excluding hydrogens is 751 g/mol. The number of anilines is 1. The second-order valence-electron chi connectivity index (χ2n) is 7.32. The Morgan fingerprint density at radius 1 is 0.871 bits per heavy atom. The van der Waals surface area contributed by atoms with E-state index in [0.717, 1.165) is 44.3 Å². The van der Waals surface area contributed by atoms with E-state index in [-0.39, 0.29) is 61.1 Å². The Hall–Kier alpha value is -0.838. The second kappa shape index (κ2) is 10.4. The molecule has 0 saturated heterocycles. The number of nitrogens with one attached hydrogen (secondary N) is 1. The van der Waals surface area contributed by atoms with Crippen molar-refractivity contribution in [2.75, 3.05) is 19.8 Å². The molecule has 1 radical (unpaired) electrons. The van der Waals surface area contributed by atoms with Crippen LogP contribution in [0.3, 0.4) is 0 Å². The third kappa shape index (κ3) is 5.39. The molecule has 0 atom stereocenters. The second-order valence-corrected chi connectivity index (χ2v) is 9.03. The van der Waals surface area contributed by atoms with Gasteiger partial charge in [0.05, 0.1) is 9.85 Å². The van der Waals surface area contributed by atoms with Crippen LogP contribution in [0.2, 0.25) is 0 Å². The van der Waals surface area contributed by atoms with Crippen molar-refractivity contribution in [1.82, 2.24) is 9.80 Å². The minimum Gasteiger partial charge on any atom is -0.693 e. The van der Waals surface area contributed by atoms with Gasteiger partial charge in [0.25, 0.3) is 11.4 Å². The Labute approximate surface area is 231 Å². The van der Waals surface area contributed by atoms with E-state index in [1.807, 2.05) is 19.0 Å². The summed E-state index contributed by atoms with van der Waals surface area (Å²) in [5.41, 5.74) is 17.4. The number of fused-ring (bicyclic) bond motifs is 2. The molecule has 0 aromatic heterocycles. The van der Waals surface area contributed by atoms with Gasteiger partial charge < -0.3 is 11.5 Å². The molecule has 0 aliphatic carbocycles. The van der Waals surface area contributed by atoms with Crippen LogP contribution in [0.5, 0.6) is 0 Å². The molecule has 0 fully saturated rings. The summed E-state index contributed by atoms with van der Waals surface area (Å²) in [6.07, 6.45) is 0. The largest absolute Gasteiger partial charge is 0.693 e. The van der Waals surface area contributed by atoms with Gasteiger partial charge in [-0.3, -0.25) is 30.0 Å². The van der Waals surface area contributed by atoms with Gasteiger partial charge in [-0.1, -0.05) is 37.5 Å². The summed E-state index contributed by atoms with van der Waals surface area (Å²) in [5, 5.41) is 21.5. The molecule has 2 aromatic rings. The summed E-state index contributed by atoms with van der Waals surface area (Å²) in [6, 6.07) is 2.90. The smallest absolute Gasteiger partial charge is 0.293 e. The van der Waals surface area contributed by atoms with Gasteiger partial charge in [-0.2, -0.15) is 0 Å². The van der Waals surface area contributed by atoms with E-state index in [9.17, 15) is 20.2 Å². The third-order valence-electron chi connectivity index (χ3n) is 5.10. The number of hydrogen-bond donors (Lipinski definition) is 1. The van der Waals surface area contributed by atoms with Gasteiger partial charge in [0.1, 0.15) is 5.69 Å². The Morgan fingerprint density at radius 2 is 1.26 bits per heavy atom. The number of nitrogens with two attached hydrogens (primary N) is 1. The van der Waals surface area contributed by atoms with Crippen LogP contribution in [0, 0.1) is 64.3 Å². The Balaban J connectivity index is 0.000000213. The molecule has 3 N–H and O–H groups in total. The molecule has 0 unspecified atom stereocenters. The first-order valence-electron chi connectivity index (χ1n) is 8.82. The van der Waals surface area contributed by atoms with Crippen LogP contribution in [0.15, 0.2) is 21.1 Å². The van der Waals surface area contributed by atoms with Crippen LogP contribution in [-0.4, -0.2) is 33.7 Å². The van der Waals surface area contributed by atoms with Crippen LogP contribution in [0.1, 0.15) is 22.3 Å². The molecule has 13 heteroatoms. The molecule has 0 spiro atoms. The monoisotopic (exact) mass is 768 g/mol. The molecule has 2 aliphatic rings. The van der Waals surface area contributed by atoms with Crippen LogP contribution in [0.4, 0.5) is 22.7 Å². The van der Waals surface area contributed by atoms with E-state index >= 15 is 0 Å². The van der Waals surface area contributed by atoms with E-state index < -0.39 is 9.85 Å². The van der Waals surface area contributed by atoms with Gasteiger partial charge >= 0.3 is 0 Å². The van der Waals surface area contributed by atoms with Gasteiger partial charge in [0, 0.05) is 96.9 Å². The quantitative estimate of drug-likeness (QED) is 0.261. The first-order valence-corrected chi connectivity index (χ1v) is 10.4. The minimum absolute atomic E-state index is 0. The van der Waals surface area contributed by atoms with Crippen molar-refractivity contribution < 1.29 is 53.9 Å². The van der Waals surface area contributed by atoms with Gasteiger partial charge in [-0.05, 0) is 30.8 Å². The van der Waals surface area contributed by atoms with E-state index in [0.29, 0.717) is 18.8 Å². The summed E-state index contributed by atoms with van der Waals surface area (Å²) in [6.45, 7) is 2.79. The van der Waals surface area contributed by atoms with Crippen molar-refractivity contribution in [3.8, 4) is 0 Å². The van der Waals surface area contributed by atoms with Crippen molar-refractivity contribution in [2.45, 2.75) is 26.2 Å². The van der Waals surface area contributed by atoms with E-state index in [4.69, 9.17) is 11.5 Å². The number of rotatable bonds is 2. The zero-order valence-corrected chi connectivity index (χ0v) is 24.7. The molecule has 2 aromatic carbocycles. The van der Waals surface area contributed by atoms with Crippen LogP contribution in [0.25, 0.3) is 5.73 Å². The maximum atomic E-state index is 10.7. The van der Waals surface area contributed by atoms with Crippen molar-refractivity contribution in [1.29, 1.82) is 0 Å². The Morgan fingerprint density at radius 3 is 1.74 bits per heavy atom. The molecule has 31 heavy (non-hydrogen) atoms. The minimum atomic E-state index is -0.508. The first-order chi connectivity index (χ1) is 14.0. The van der Waals surface area contributed by atoms with Gasteiger partial charge in [-0.15, -0.1) is 0 Å². The Bertz CT molecular complexity index is 985. The standard InChI is InChI=1S/C9H10BrN3O2.C9H9BrN3O2.Ac/c2*1-12-3-5-6(4-12)9(11)8(13(14)15)2-7(5)10;/h2H,3-4,11H2,1H3;2,11H,3-4H2,1H3;/q;-1;. The molecule has 2 heterocycles. The summed E-state index contributed by atoms with van der Waals surface area (Å²) >= 11 is 6.66. The van der Waals surface area contributed by atoms with Crippen molar-refractivity contribution >= 4 is 54.6 Å². The fourth-order valence-electron chi connectivity index (χ4n) is 3.66. The summed E-state index contributed by atoms with van der Waals surface area (Å²) in [4.78, 5) is 24.6. The van der Waals surface area contributed by atoms with Crippen LogP contribution >= 0.6 is 31.9 Å².